The fraction of sp³-hybridized carbons (Fsp3) is 0.400. The van der Waals surface area contributed by atoms with E-state index in [4.69, 9.17) is 0 Å². The maximum absolute atomic E-state index is 11.9. The van der Waals surface area contributed by atoms with Gasteiger partial charge in [0.1, 0.15) is 11.5 Å². The molecule has 0 aliphatic carbocycles. The number of hydrogen-bond acceptors (Lipinski definition) is 6. The molecule has 0 bridgehead atoms. The Morgan fingerprint density at radius 2 is 1.82 bits per heavy atom. The Kier molecular flexibility index (Phi) is 4.53. The van der Waals surface area contributed by atoms with Crippen LogP contribution in [-0.4, -0.2) is 45.5 Å². The van der Waals surface area contributed by atoms with Gasteiger partial charge in [-0.05, 0) is 18.8 Å². The zero-order valence-corrected chi connectivity index (χ0v) is 12.2. The van der Waals surface area contributed by atoms with Crippen molar-refractivity contribution >= 4 is 11.7 Å². The van der Waals surface area contributed by atoms with Crippen molar-refractivity contribution in [2.24, 2.45) is 5.92 Å². The summed E-state index contributed by atoms with van der Waals surface area (Å²) in [6, 6.07) is 0. The summed E-state index contributed by atoms with van der Waals surface area (Å²) >= 11 is 0. The van der Waals surface area contributed by atoms with Gasteiger partial charge in [-0.1, -0.05) is 0 Å². The number of nitrogens with zero attached hydrogens (tertiary/aromatic N) is 5. The smallest absolute Gasteiger partial charge is 0.271 e. The molecule has 22 heavy (non-hydrogen) atoms. The van der Waals surface area contributed by atoms with Crippen molar-refractivity contribution in [2.45, 2.75) is 12.8 Å². The van der Waals surface area contributed by atoms with Gasteiger partial charge in [-0.3, -0.25) is 14.8 Å². The molecule has 0 spiro atoms. The largest absolute Gasteiger partial charge is 0.355 e. The molecule has 3 heterocycles. The normalized spacial score (nSPS) is 15.5. The third kappa shape index (κ3) is 3.55. The summed E-state index contributed by atoms with van der Waals surface area (Å²) in [5.41, 5.74) is 0.361. The predicted octanol–water partition coefficient (Wildman–Crippen LogP) is 0.913. The first-order chi connectivity index (χ1) is 10.8. The van der Waals surface area contributed by atoms with Crippen molar-refractivity contribution in [1.29, 1.82) is 0 Å². The molecular formula is C15H18N6O. The van der Waals surface area contributed by atoms with Crippen LogP contribution in [0.1, 0.15) is 23.3 Å². The summed E-state index contributed by atoms with van der Waals surface area (Å²) in [4.78, 5) is 30.5. The van der Waals surface area contributed by atoms with Gasteiger partial charge in [0.25, 0.3) is 5.91 Å². The molecule has 2 aromatic rings. The minimum atomic E-state index is -0.163. The third-order valence-corrected chi connectivity index (χ3v) is 3.84. The van der Waals surface area contributed by atoms with Gasteiger partial charge in [-0.25, -0.2) is 9.97 Å². The molecule has 1 amide bonds. The number of anilines is 1. The monoisotopic (exact) mass is 298 g/mol. The SMILES string of the molecule is O=C(NCC1CCN(c2cnccn2)CC1)c1cnccn1. The number of carbonyl (C=O) groups is 1. The highest BCUT2D eigenvalue weighted by molar-refractivity contribution is 5.91. The van der Waals surface area contributed by atoms with Crippen LogP contribution in [-0.2, 0) is 0 Å². The van der Waals surface area contributed by atoms with Gasteiger partial charge in [-0.2, -0.15) is 0 Å². The van der Waals surface area contributed by atoms with Crippen molar-refractivity contribution in [3.63, 3.8) is 0 Å². The summed E-state index contributed by atoms with van der Waals surface area (Å²) in [5.74, 6) is 1.24. The number of rotatable bonds is 4. The fourth-order valence-corrected chi connectivity index (χ4v) is 2.56. The van der Waals surface area contributed by atoms with Crippen LogP contribution < -0.4 is 10.2 Å². The van der Waals surface area contributed by atoms with Gasteiger partial charge in [0, 0.05) is 44.4 Å². The standard InChI is InChI=1S/C15H18N6O/c22-15(13-10-16-3-5-18-13)20-9-12-1-7-21(8-2-12)14-11-17-4-6-19-14/h3-6,10-12H,1-2,7-9H2,(H,20,22). The predicted molar refractivity (Wildman–Crippen MR) is 81.3 cm³/mol. The first kappa shape index (κ1) is 14.4. The Morgan fingerprint density at radius 3 is 2.45 bits per heavy atom. The second-order valence-corrected chi connectivity index (χ2v) is 5.29. The summed E-state index contributed by atoms with van der Waals surface area (Å²) in [7, 11) is 0. The van der Waals surface area contributed by atoms with E-state index in [2.05, 4.69) is 30.2 Å². The average molecular weight is 298 g/mol. The number of hydrogen-bond donors (Lipinski definition) is 1. The second-order valence-electron chi connectivity index (χ2n) is 5.29. The van der Waals surface area contributed by atoms with E-state index in [0.717, 1.165) is 31.7 Å². The molecule has 0 unspecified atom stereocenters. The van der Waals surface area contributed by atoms with Gasteiger partial charge in [0.15, 0.2) is 0 Å². The maximum atomic E-state index is 11.9. The average Bonchev–Trinajstić information content (AvgIpc) is 2.61. The van der Waals surface area contributed by atoms with E-state index in [0.29, 0.717) is 18.2 Å². The van der Waals surface area contributed by atoms with E-state index in [1.165, 1.54) is 12.4 Å². The molecule has 1 aliphatic heterocycles. The quantitative estimate of drug-likeness (QED) is 0.903. The van der Waals surface area contributed by atoms with Gasteiger partial charge < -0.3 is 10.2 Å². The molecule has 1 aliphatic rings. The second kappa shape index (κ2) is 6.93. The van der Waals surface area contributed by atoms with Crippen LogP contribution in [0.3, 0.4) is 0 Å². The molecule has 114 valence electrons. The summed E-state index contributed by atoms with van der Waals surface area (Å²) < 4.78 is 0. The summed E-state index contributed by atoms with van der Waals surface area (Å²) in [5, 5.41) is 2.94. The lowest BCUT2D eigenvalue weighted by Crippen LogP contribution is -2.39. The van der Waals surface area contributed by atoms with Crippen LogP contribution in [0, 0.1) is 5.92 Å². The first-order valence-corrected chi connectivity index (χ1v) is 7.38. The molecule has 0 saturated carbocycles. The molecule has 7 heteroatoms. The van der Waals surface area contributed by atoms with Gasteiger partial charge in [0.05, 0.1) is 12.4 Å². The highest BCUT2D eigenvalue weighted by atomic mass is 16.1. The van der Waals surface area contributed by atoms with E-state index < -0.39 is 0 Å². The lowest BCUT2D eigenvalue weighted by atomic mass is 9.97. The van der Waals surface area contributed by atoms with Crippen LogP contribution in [0.25, 0.3) is 0 Å². The topological polar surface area (TPSA) is 83.9 Å². The van der Waals surface area contributed by atoms with Crippen molar-refractivity contribution in [3.05, 3.63) is 42.9 Å². The Labute approximate surface area is 128 Å². The molecular weight excluding hydrogens is 280 g/mol. The van der Waals surface area contributed by atoms with Gasteiger partial charge in [-0.15, -0.1) is 0 Å². The highest BCUT2D eigenvalue weighted by Gasteiger charge is 2.21. The Morgan fingerprint density at radius 1 is 1.09 bits per heavy atom. The lowest BCUT2D eigenvalue weighted by Gasteiger charge is -2.32. The van der Waals surface area contributed by atoms with Gasteiger partial charge in [0.2, 0.25) is 0 Å². The molecule has 1 N–H and O–H groups in total. The Balaban J connectivity index is 1.45. The molecule has 1 saturated heterocycles. The van der Waals surface area contributed by atoms with Crippen LogP contribution in [0.4, 0.5) is 5.82 Å². The molecule has 2 aromatic heterocycles. The molecule has 3 rings (SSSR count). The zero-order valence-electron chi connectivity index (χ0n) is 12.2. The van der Waals surface area contributed by atoms with Gasteiger partial charge >= 0.3 is 0 Å². The lowest BCUT2D eigenvalue weighted by molar-refractivity contribution is 0.0939. The minimum absolute atomic E-state index is 0.163. The number of piperidine rings is 1. The van der Waals surface area contributed by atoms with Crippen molar-refractivity contribution in [2.75, 3.05) is 24.5 Å². The van der Waals surface area contributed by atoms with Crippen molar-refractivity contribution in [3.8, 4) is 0 Å². The van der Waals surface area contributed by atoms with Crippen LogP contribution in [0.2, 0.25) is 0 Å². The van der Waals surface area contributed by atoms with Crippen molar-refractivity contribution in [1.82, 2.24) is 25.3 Å². The number of aromatic nitrogens is 4. The molecule has 0 atom stereocenters. The minimum Gasteiger partial charge on any atom is -0.355 e. The molecule has 1 fully saturated rings. The zero-order chi connectivity index (χ0) is 15.2. The van der Waals surface area contributed by atoms with Crippen LogP contribution >= 0.6 is 0 Å². The highest BCUT2D eigenvalue weighted by Crippen LogP contribution is 2.20. The van der Waals surface area contributed by atoms with Crippen LogP contribution in [0.15, 0.2) is 37.2 Å². The maximum Gasteiger partial charge on any atom is 0.271 e. The molecule has 0 aromatic carbocycles. The fourth-order valence-electron chi connectivity index (χ4n) is 2.56. The number of nitrogens with one attached hydrogen (secondary N) is 1. The van der Waals surface area contributed by atoms with E-state index >= 15 is 0 Å². The summed E-state index contributed by atoms with van der Waals surface area (Å²) in [6.45, 7) is 2.54. The Hall–Kier alpha value is -2.57. The number of amides is 1. The van der Waals surface area contributed by atoms with E-state index in [9.17, 15) is 4.79 Å². The van der Waals surface area contributed by atoms with E-state index in [-0.39, 0.29) is 5.91 Å². The van der Waals surface area contributed by atoms with E-state index in [1.54, 1.807) is 24.8 Å². The molecule has 7 nitrogen and oxygen atoms in total. The van der Waals surface area contributed by atoms with E-state index in [1.807, 2.05) is 0 Å². The van der Waals surface area contributed by atoms with Crippen LogP contribution in [0.5, 0.6) is 0 Å². The van der Waals surface area contributed by atoms with Crippen molar-refractivity contribution < 1.29 is 4.79 Å². The Bertz CT molecular complexity index is 598. The first-order valence-electron chi connectivity index (χ1n) is 7.38. The number of carbonyl (C=O) groups excluding carboxylic acids is 1. The molecule has 0 radical (unpaired) electrons. The third-order valence-electron chi connectivity index (χ3n) is 3.84. The summed E-state index contributed by atoms with van der Waals surface area (Å²) in [6.07, 6.45) is 11.8.